The van der Waals surface area contributed by atoms with E-state index in [1.807, 2.05) is 0 Å². The fourth-order valence-electron chi connectivity index (χ4n) is 3.42. The Morgan fingerprint density at radius 2 is 1.48 bits per heavy atom. The second-order valence-electron chi connectivity index (χ2n) is 6.60. The molecule has 6 heteroatoms. The van der Waals surface area contributed by atoms with Gasteiger partial charge in [-0.1, -0.05) is 54.1 Å². The molecule has 144 valence electrons. The quantitative estimate of drug-likeness (QED) is 0.377. The first-order valence-electron chi connectivity index (χ1n) is 8.88. The number of nitrogens with zero attached hydrogens (tertiary/aromatic N) is 1. The molecule has 1 saturated heterocycles. The number of benzene rings is 3. The van der Waals surface area contributed by atoms with Crippen LogP contribution in [0.4, 0.5) is 5.69 Å². The number of aromatic hydroxyl groups is 1. The number of Topliss-reactive ketones (excluding diaryl/α,β-unsaturated/α-hetero) is 1. The predicted octanol–water partition coefficient (Wildman–Crippen LogP) is 4.67. The lowest BCUT2D eigenvalue weighted by molar-refractivity contribution is -0.132. The molecule has 1 aliphatic heterocycles. The number of aliphatic hydroxyl groups excluding tert-OH is 1. The predicted molar refractivity (Wildman–Crippen MR) is 111 cm³/mol. The maximum absolute atomic E-state index is 12.9. The molecule has 3 aromatic rings. The van der Waals surface area contributed by atoms with E-state index in [2.05, 4.69) is 0 Å². The largest absolute Gasteiger partial charge is 0.508 e. The molecule has 1 fully saturated rings. The molecular weight excluding hydrogens is 390 g/mol. The monoisotopic (exact) mass is 405 g/mol. The lowest BCUT2D eigenvalue weighted by atomic mass is 9.95. The van der Waals surface area contributed by atoms with Crippen LogP contribution >= 0.6 is 11.6 Å². The van der Waals surface area contributed by atoms with Gasteiger partial charge in [0, 0.05) is 16.3 Å². The summed E-state index contributed by atoms with van der Waals surface area (Å²) in [5, 5.41) is 21.0. The normalized spacial score (nSPS) is 18.2. The number of hydrogen-bond acceptors (Lipinski definition) is 4. The van der Waals surface area contributed by atoms with Crippen LogP contribution in [0.3, 0.4) is 0 Å². The molecule has 5 nitrogen and oxygen atoms in total. The Bertz CT molecular complexity index is 1110. The first kappa shape index (κ1) is 18.8. The van der Waals surface area contributed by atoms with E-state index in [1.54, 1.807) is 66.7 Å². The highest BCUT2D eigenvalue weighted by molar-refractivity contribution is 6.51. The fourth-order valence-corrected chi connectivity index (χ4v) is 3.55. The minimum atomic E-state index is -0.836. The zero-order chi connectivity index (χ0) is 20.5. The average Bonchev–Trinajstić information content (AvgIpc) is 3.00. The van der Waals surface area contributed by atoms with E-state index in [-0.39, 0.29) is 17.1 Å². The molecule has 0 bridgehead atoms. The highest BCUT2D eigenvalue weighted by atomic mass is 35.5. The van der Waals surface area contributed by atoms with Gasteiger partial charge in [-0.25, -0.2) is 0 Å². The molecule has 29 heavy (non-hydrogen) atoms. The summed E-state index contributed by atoms with van der Waals surface area (Å²) >= 11 is 6.00. The Kier molecular flexibility index (Phi) is 4.82. The number of halogens is 1. The van der Waals surface area contributed by atoms with Crippen LogP contribution in [0, 0.1) is 0 Å². The number of hydrogen-bond donors (Lipinski definition) is 2. The van der Waals surface area contributed by atoms with Crippen molar-refractivity contribution in [3.05, 3.63) is 101 Å². The molecule has 0 saturated carbocycles. The maximum atomic E-state index is 12.9. The second-order valence-corrected chi connectivity index (χ2v) is 7.04. The number of carbonyl (C=O) groups is 2. The fraction of sp³-hybridized carbons (Fsp3) is 0.0435. The van der Waals surface area contributed by atoms with Crippen molar-refractivity contribution in [2.24, 2.45) is 0 Å². The summed E-state index contributed by atoms with van der Waals surface area (Å²) in [6, 6.07) is 20.5. The maximum Gasteiger partial charge on any atom is 0.300 e. The number of phenolic OH excluding ortho intramolecular Hbond substituents is 1. The first-order valence-corrected chi connectivity index (χ1v) is 9.26. The summed E-state index contributed by atoms with van der Waals surface area (Å²) in [4.78, 5) is 27.2. The van der Waals surface area contributed by atoms with Gasteiger partial charge in [-0.2, -0.15) is 0 Å². The Hall–Kier alpha value is -3.57. The van der Waals surface area contributed by atoms with Crippen molar-refractivity contribution < 1.29 is 19.8 Å². The highest BCUT2D eigenvalue weighted by Gasteiger charge is 2.46. The van der Waals surface area contributed by atoms with Crippen molar-refractivity contribution >= 4 is 34.7 Å². The number of aliphatic hydroxyl groups is 1. The van der Waals surface area contributed by atoms with Crippen molar-refractivity contribution in [3.8, 4) is 5.75 Å². The summed E-state index contributed by atoms with van der Waals surface area (Å²) in [5.74, 6) is -1.74. The molecule has 1 atom stereocenters. The van der Waals surface area contributed by atoms with Crippen LogP contribution in [-0.4, -0.2) is 21.9 Å². The Balaban J connectivity index is 1.94. The van der Waals surface area contributed by atoms with Gasteiger partial charge in [0.1, 0.15) is 11.5 Å². The topological polar surface area (TPSA) is 77.8 Å². The Morgan fingerprint density at radius 3 is 2.10 bits per heavy atom. The third-order valence-corrected chi connectivity index (χ3v) is 5.06. The van der Waals surface area contributed by atoms with Crippen LogP contribution in [0.2, 0.25) is 5.02 Å². The molecule has 4 rings (SSSR count). The molecule has 0 unspecified atom stereocenters. The van der Waals surface area contributed by atoms with Gasteiger partial charge in [0.05, 0.1) is 11.6 Å². The third kappa shape index (κ3) is 3.37. The third-order valence-electron chi connectivity index (χ3n) is 4.81. The number of phenols is 1. The summed E-state index contributed by atoms with van der Waals surface area (Å²) in [5.41, 5.74) is 1.49. The van der Waals surface area contributed by atoms with Gasteiger partial charge in [-0.15, -0.1) is 0 Å². The number of anilines is 1. The zero-order valence-electron chi connectivity index (χ0n) is 15.1. The van der Waals surface area contributed by atoms with Crippen molar-refractivity contribution in [3.63, 3.8) is 0 Å². The van der Waals surface area contributed by atoms with E-state index in [0.29, 0.717) is 21.8 Å². The molecule has 1 aliphatic rings. The van der Waals surface area contributed by atoms with Gasteiger partial charge in [-0.05, 0) is 42.0 Å². The number of carbonyl (C=O) groups excluding carboxylic acids is 2. The second kappa shape index (κ2) is 7.45. The smallest absolute Gasteiger partial charge is 0.300 e. The summed E-state index contributed by atoms with van der Waals surface area (Å²) in [6.45, 7) is 0. The molecule has 1 heterocycles. The molecule has 0 aliphatic carbocycles. The van der Waals surface area contributed by atoms with Gasteiger partial charge in [-0.3, -0.25) is 14.5 Å². The molecule has 0 spiro atoms. The van der Waals surface area contributed by atoms with Gasteiger partial charge in [0.2, 0.25) is 0 Å². The van der Waals surface area contributed by atoms with Gasteiger partial charge in [0.15, 0.2) is 0 Å². The molecule has 1 amide bonds. The van der Waals surface area contributed by atoms with Crippen molar-refractivity contribution in [2.75, 3.05) is 4.90 Å². The van der Waals surface area contributed by atoms with E-state index < -0.39 is 17.7 Å². The van der Waals surface area contributed by atoms with Crippen LogP contribution in [0.15, 0.2) is 84.4 Å². The van der Waals surface area contributed by atoms with E-state index in [1.165, 1.54) is 17.0 Å². The Morgan fingerprint density at radius 1 is 0.862 bits per heavy atom. The van der Waals surface area contributed by atoms with Crippen LogP contribution in [0.1, 0.15) is 17.2 Å². The summed E-state index contributed by atoms with van der Waals surface area (Å²) in [7, 11) is 0. The van der Waals surface area contributed by atoms with E-state index in [4.69, 9.17) is 11.6 Å². The molecule has 2 N–H and O–H groups in total. The number of ketones is 1. The lowest BCUT2D eigenvalue weighted by Gasteiger charge is -2.25. The van der Waals surface area contributed by atoms with Crippen molar-refractivity contribution in [1.29, 1.82) is 0 Å². The summed E-state index contributed by atoms with van der Waals surface area (Å²) in [6.07, 6.45) is 0. The SMILES string of the molecule is O=C1C(=O)N(c2ccc(O)cc2)[C@H](c2ccc(Cl)cc2)C1=C(O)c1ccccc1. The highest BCUT2D eigenvalue weighted by Crippen LogP contribution is 2.42. The van der Waals surface area contributed by atoms with Crippen LogP contribution < -0.4 is 4.90 Å². The molecule has 0 radical (unpaired) electrons. The van der Waals surface area contributed by atoms with E-state index in [0.717, 1.165) is 0 Å². The van der Waals surface area contributed by atoms with Gasteiger partial charge in [0.25, 0.3) is 11.7 Å². The molecule has 3 aromatic carbocycles. The standard InChI is InChI=1S/C23H16ClNO4/c24-16-8-6-14(7-9-16)20-19(21(27)15-4-2-1-3-5-15)22(28)23(29)25(20)17-10-12-18(26)13-11-17/h1-13,20,26-27H/t20-/m1/s1. The van der Waals surface area contributed by atoms with Gasteiger partial charge < -0.3 is 10.2 Å². The van der Waals surface area contributed by atoms with Crippen LogP contribution in [-0.2, 0) is 9.59 Å². The minimum Gasteiger partial charge on any atom is -0.508 e. The van der Waals surface area contributed by atoms with Gasteiger partial charge >= 0.3 is 0 Å². The van der Waals surface area contributed by atoms with Crippen molar-refractivity contribution in [2.45, 2.75) is 6.04 Å². The molecule has 0 aromatic heterocycles. The summed E-state index contributed by atoms with van der Waals surface area (Å²) < 4.78 is 0. The number of rotatable bonds is 3. The first-order chi connectivity index (χ1) is 14.0. The molecular formula is C23H16ClNO4. The lowest BCUT2D eigenvalue weighted by Crippen LogP contribution is -2.29. The zero-order valence-corrected chi connectivity index (χ0v) is 15.9. The van der Waals surface area contributed by atoms with Crippen LogP contribution in [0.5, 0.6) is 5.75 Å². The van der Waals surface area contributed by atoms with E-state index >= 15 is 0 Å². The van der Waals surface area contributed by atoms with Crippen molar-refractivity contribution in [1.82, 2.24) is 0 Å². The van der Waals surface area contributed by atoms with E-state index in [9.17, 15) is 19.8 Å². The van der Waals surface area contributed by atoms with Crippen LogP contribution in [0.25, 0.3) is 5.76 Å². The Labute approximate surface area is 172 Å². The minimum absolute atomic E-state index is 0.00315. The average molecular weight is 406 g/mol. The number of amides is 1.